The Bertz CT molecular complexity index is 1200. The van der Waals surface area contributed by atoms with Crippen molar-refractivity contribution in [1.82, 2.24) is 5.32 Å². The van der Waals surface area contributed by atoms with E-state index in [4.69, 9.17) is 4.74 Å². The van der Waals surface area contributed by atoms with Crippen LogP contribution in [0.2, 0.25) is 0 Å². The molecule has 34 heavy (non-hydrogen) atoms. The fraction of sp³-hybridized carbons (Fsp3) is 0.231. The Kier molecular flexibility index (Phi) is 6.87. The third-order valence-corrected chi connectivity index (χ3v) is 8.38. The second-order valence-electron chi connectivity index (χ2n) is 8.46. The molecule has 0 spiro atoms. The van der Waals surface area contributed by atoms with E-state index in [0.29, 0.717) is 5.56 Å². The maximum atomic E-state index is 13.2. The summed E-state index contributed by atoms with van der Waals surface area (Å²) in [4.78, 5) is 34.8. The molecule has 0 heterocycles. The lowest BCUT2D eigenvalue weighted by Gasteiger charge is -2.26. The summed E-state index contributed by atoms with van der Waals surface area (Å²) in [7, 11) is -4.14. The quantitative estimate of drug-likeness (QED) is 0.382. The molecule has 3 aromatic carbocycles. The van der Waals surface area contributed by atoms with Gasteiger partial charge in [0.05, 0.1) is 5.92 Å². The Morgan fingerprint density at radius 3 is 2.03 bits per heavy atom. The summed E-state index contributed by atoms with van der Waals surface area (Å²) in [5.41, 5.74) is 4.70. The number of alkyl carbamates (subject to hydrolysis) is 1. The fourth-order valence-corrected chi connectivity index (χ4v) is 6.48. The van der Waals surface area contributed by atoms with Gasteiger partial charge >= 0.3 is 12.1 Å². The Hall–Kier alpha value is -3.41. The largest absolute Gasteiger partial charge is 0.481 e. The normalized spacial score (nSPS) is 15.9. The number of carboxylic acids is 1. The predicted octanol–water partition coefficient (Wildman–Crippen LogP) is 5.22. The molecule has 0 saturated heterocycles. The highest BCUT2D eigenvalue weighted by Gasteiger charge is 2.37. The number of aliphatic carboxylic acids is 1. The second-order valence-corrected chi connectivity index (χ2v) is 10.9. The molecule has 0 fully saturated rings. The Morgan fingerprint density at radius 1 is 0.941 bits per heavy atom. The number of amides is 1. The van der Waals surface area contributed by atoms with Gasteiger partial charge in [0.1, 0.15) is 12.4 Å². The number of hydrogen-bond acceptors (Lipinski definition) is 4. The van der Waals surface area contributed by atoms with Crippen LogP contribution in [0, 0.1) is 5.92 Å². The first-order valence-corrected chi connectivity index (χ1v) is 12.9. The van der Waals surface area contributed by atoms with Gasteiger partial charge in [0, 0.05) is 12.1 Å². The Balaban J connectivity index is 1.52. The van der Waals surface area contributed by atoms with Crippen LogP contribution in [0.1, 0.15) is 35.3 Å². The van der Waals surface area contributed by atoms with Crippen LogP contribution in [0.4, 0.5) is 4.79 Å². The molecule has 176 valence electrons. The first-order valence-electron chi connectivity index (χ1n) is 11.0. The van der Waals surface area contributed by atoms with Crippen molar-refractivity contribution in [2.75, 3.05) is 12.8 Å². The molecule has 3 N–H and O–H groups in total. The molecule has 1 aliphatic carbocycles. The minimum atomic E-state index is -4.14. The lowest BCUT2D eigenvalue weighted by atomic mass is 9.98. The third kappa shape index (κ3) is 4.91. The van der Waals surface area contributed by atoms with Gasteiger partial charge in [-0.3, -0.25) is 9.36 Å². The summed E-state index contributed by atoms with van der Waals surface area (Å²) < 4.78 is 18.7. The highest BCUT2D eigenvalue weighted by atomic mass is 31.2. The fourth-order valence-electron chi connectivity index (χ4n) is 4.38. The molecule has 0 aliphatic heterocycles. The number of fused-ring (bicyclic) bond motifs is 3. The standard InChI is InChI=1S/C26H26NO6P/c1-17(25(28)29)16-34(31,32)24(18-9-3-2-4-10-18)27-26(30)33-15-23-21-13-7-5-11-19(21)20-12-6-8-14-22(20)23/h2-14,17,23-24H,15-16H2,1H3,(H,27,30)(H,28,29)(H,31,32). The van der Waals surface area contributed by atoms with Crippen LogP contribution in [-0.4, -0.2) is 34.8 Å². The van der Waals surface area contributed by atoms with Crippen molar-refractivity contribution in [1.29, 1.82) is 0 Å². The Labute approximate surface area is 197 Å². The molecule has 3 atom stereocenters. The molecule has 0 saturated carbocycles. The molecule has 1 amide bonds. The molecular formula is C26H26NO6P. The first kappa shape index (κ1) is 23.7. The third-order valence-electron chi connectivity index (χ3n) is 6.07. The summed E-state index contributed by atoms with van der Waals surface area (Å²) in [6.45, 7) is 1.42. The van der Waals surface area contributed by atoms with E-state index in [-0.39, 0.29) is 12.5 Å². The zero-order valence-electron chi connectivity index (χ0n) is 18.6. The maximum absolute atomic E-state index is 13.2. The van der Waals surface area contributed by atoms with Crippen molar-refractivity contribution in [3.05, 3.63) is 95.6 Å². The van der Waals surface area contributed by atoms with Gasteiger partial charge in [0.15, 0.2) is 0 Å². The van der Waals surface area contributed by atoms with Crippen LogP contribution in [-0.2, 0) is 14.1 Å². The molecule has 0 bridgehead atoms. The van der Waals surface area contributed by atoms with Gasteiger partial charge in [-0.15, -0.1) is 0 Å². The molecule has 3 unspecified atom stereocenters. The summed E-state index contributed by atoms with van der Waals surface area (Å²) in [6.07, 6.45) is -1.32. The predicted molar refractivity (Wildman–Crippen MR) is 129 cm³/mol. The number of nitrogens with one attached hydrogen (secondary N) is 1. The van der Waals surface area contributed by atoms with E-state index in [1.54, 1.807) is 30.3 Å². The smallest absolute Gasteiger partial charge is 0.408 e. The molecular weight excluding hydrogens is 453 g/mol. The lowest BCUT2D eigenvalue weighted by molar-refractivity contribution is -0.140. The molecule has 1 aliphatic rings. The topological polar surface area (TPSA) is 113 Å². The number of carbonyl (C=O) groups excluding carboxylic acids is 1. The van der Waals surface area contributed by atoms with E-state index in [1.807, 2.05) is 48.5 Å². The zero-order valence-corrected chi connectivity index (χ0v) is 19.5. The van der Waals surface area contributed by atoms with Gasteiger partial charge in [-0.05, 0) is 27.8 Å². The van der Waals surface area contributed by atoms with Gasteiger partial charge in [-0.1, -0.05) is 85.8 Å². The monoisotopic (exact) mass is 479 g/mol. The molecule has 8 heteroatoms. The lowest BCUT2D eigenvalue weighted by Crippen LogP contribution is -2.32. The van der Waals surface area contributed by atoms with Crippen LogP contribution < -0.4 is 5.32 Å². The van der Waals surface area contributed by atoms with Crippen molar-refractivity contribution in [2.24, 2.45) is 5.92 Å². The highest BCUT2D eigenvalue weighted by Crippen LogP contribution is 2.55. The van der Waals surface area contributed by atoms with E-state index in [9.17, 15) is 24.2 Å². The molecule has 0 radical (unpaired) electrons. The number of ether oxygens (including phenoxy) is 1. The van der Waals surface area contributed by atoms with Crippen molar-refractivity contribution >= 4 is 19.4 Å². The van der Waals surface area contributed by atoms with Gasteiger partial charge < -0.3 is 20.1 Å². The number of hydrogen-bond donors (Lipinski definition) is 3. The average Bonchev–Trinajstić information content (AvgIpc) is 3.15. The number of rotatable bonds is 8. The van der Waals surface area contributed by atoms with Crippen LogP contribution in [0.25, 0.3) is 11.1 Å². The van der Waals surface area contributed by atoms with Crippen molar-refractivity contribution < 1.29 is 28.9 Å². The van der Waals surface area contributed by atoms with E-state index in [2.05, 4.69) is 5.32 Å². The number of carboxylic acid groups (broad SMARTS) is 1. The van der Waals surface area contributed by atoms with E-state index >= 15 is 0 Å². The van der Waals surface area contributed by atoms with Crippen LogP contribution in [0.5, 0.6) is 0 Å². The summed E-state index contributed by atoms with van der Waals surface area (Å²) in [6, 6.07) is 24.2. The number of benzene rings is 3. The van der Waals surface area contributed by atoms with Crippen LogP contribution in [0.3, 0.4) is 0 Å². The number of carbonyl (C=O) groups is 2. The molecule has 0 aromatic heterocycles. The van der Waals surface area contributed by atoms with Gasteiger partial charge in [0.25, 0.3) is 0 Å². The molecule has 4 rings (SSSR count). The van der Waals surface area contributed by atoms with E-state index in [0.717, 1.165) is 22.3 Å². The molecule has 3 aromatic rings. The van der Waals surface area contributed by atoms with E-state index in [1.165, 1.54) is 6.92 Å². The zero-order chi connectivity index (χ0) is 24.3. The van der Waals surface area contributed by atoms with Crippen LogP contribution >= 0.6 is 7.37 Å². The van der Waals surface area contributed by atoms with Crippen molar-refractivity contribution in [3.63, 3.8) is 0 Å². The molecule has 7 nitrogen and oxygen atoms in total. The van der Waals surface area contributed by atoms with Gasteiger partial charge in [-0.2, -0.15) is 0 Å². The first-order chi connectivity index (χ1) is 16.3. The van der Waals surface area contributed by atoms with Crippen LogP contribution in [0.15, 0.2) is 78.9 Å². The van der Waals surface area contributed by atoms with Crippen molar-refractivity contribution in [3.8, 4) is 11.1 Å². The maximum Gasteiger partial charge on any atom is 0.408 e. The van der Waals surface area contributed by atoms with E-state index < -0.39 is 37.3 Å². The minimum Gasteiger partial charge on any atom is -0.481 e. The summed E-state index contributed by atoms with van der Waals surface area (Å²) in [5.74, 6) is -3.67. The second kappa shape index (κ2) is 9.84. The average molecular weight is 479 g/mol. The Morgan fingerprint density at radius 2 is 1.47 bits per heavy atom. The highest BCUT2D eigenvalue weighted by molar-refractivity contribution is 7.58. The van der Waals surface area contributed by atoms with Crippen molar-refractivity contribution in [2.45, 2.75) is 18.6 Å². The summed E-state index contributed by atoms with van der Waals surface area (Å²) in [5, 5.41) is 11.7. The van der Waals surface area contributed by atoms with Gasteiger partial charge in [0.2, 0.25) is 7.37 Å². The van der Waals surface area contributed by atoms with Gasteiger partial charge in [-0.25, -0.2) is 4.79 Å². The minimum absolute atomic E-state index is 0.0582. The SMILES string of the molecule is CC(CP(=O)(O)C(NC(=O)OCC1c2ccccc2-c2ccccc21)c1ccccc1)C(=O)O. The summed E-state index contributed by atoms with van der Waals surface area (Å²) >= 11 is 0.